The summed E-state index contributed by atoms with van der Waals surface area (Å²) in [5.41, 5.74) is 0.661. The van der Waals surface area contributed by atoms with Gasteiger partial charge in [-0.05, 0) is 31.5 Å². The summed E-state index contributed by atoms with van der Waals surface area (Å²) in [5.74, 6) is 1.18. The number of rotatable bonds is 10. The van der Waals surface area contributed by atoms with Crippen LogP contribution >= 0.6 is 0 Å². The lowest BCUT2D eigenvalue weighted by Gasteiger charge is -2.26. The van der Waals surface area contributed by atoms with Crippen LogP contribution in [0.5, 0.6) is 11.5 Å². The molecule has 1 aliphatic rings. The minimum Gasteiger partial charge on any atom is -0.497 e. The van der Waals surface area contributed by atoms with E-state index in [1.54, 1.807) is 32.4 Å². The third-order valence-electron chi connectivity index (χ3n) is 4.52. The van der Waals surface area contributed by atoms with E-state index in [0.29, 0.717) is 30.0 Å². The fraction of sp³-hybridized carbons (Fsp3) is 0.632. The summed E-state index contributed by atoms with van der Waals surface area (Å²) in [5, 5.41) is 13.3. The Balaban J connectivity index is 1.68. The number of amides is 1. The zero-order valence-electron chi connectivity index (χ0n) is 15.7. The van der Waals surface area contributed by atoms with Gasteiger partial charge in [0.2, 0.25) is 5.91 Å². The Morgan fingerprint density at radius 3 is 2.77 bits per heavy atom. The molecular weight excluding hydrogens is 336 g/mol. The van der Waals surface area contributed by atoms with E-state index < -0.39 is 6.10 Å². The van der Waals surface area contributed by atoms with E-state index in [1.165, 1.54) is 0 Å². The molecule has 0 aromatic heterocycles. The highest BCUT2D eigenvalue weighted by Gasteiger charge is 2.16. The largest absolute Gasteiger partial charge is 0.497 e. The van der Waals surface area contributed by atoms with Crippen LogP contribution in [0, 0.1) is 0 Å². The van der Waals surface area contributed by atoms with Gasteiger partial charge in [0.1, 0.15) is 11.5 Å². The van der Waals surface area contributed by atoms with Gasteiger partial charge in [0.25, 0.3) is 0 Å². The van der Waals surface area contributed by atoms with Crippen molar-refractivity contribution in [3.63, 3.8) is 0 Å². The van der Waals surface area contributed by atoms with Gasteiger partial charge in [-0.15, -0.1) is 0 Å². The topological polar surface area (TPSA) is 80.3 Å². The predicted octanol–water partition coefficient (Wildman–Crippen LogP) is 1.36. The standard InChI is InChI=1S/C19H30N2O5/c1-24-15-4-5-16(18(14-15)25-2)17(22)6-7-19(23)20-8-3-9-21-10-12-26-13-11-21/h4-5,14,17,22H,3,6-13H2,1-2H3,(H,20,23). The first-order chi connectivity index (χ1) is 12.6. The molecule has 0 radical (unpaired) electrons. The van der Waals surface area contributed by atoms with Crippen LogP contribution < -0.4 is 14.8 Å². The third-order valence-corrected chi connectivity index (χ3v) is 4.52. The van der Waals surface area contributed by atoms with Gasteiger partial charge >= 0.3 is 0 Å². The second kappa shape index (κ2) is 11.0. The Morgan fingerprint density at radius 2 is 2.08 bits per heavy atom. The Bertz CT molecular complexity index is 561. The summed E-state index contributed by atoms with van der Waals surface area (Å²) < 4.78 is 15.8. The zero-order valence-corrected chi connectivity index (χ0v) is 15.7. The smallest absolute Gasteiger partial charge is 0.220 e. The van der Waals surface area contributed by atoms with Gasteiger partial charge in [-0.3, -0.25) is 9.69 Å². The highest BCUT2D eigenvalue weighted by Crippen LogP contribution is 2.31. The van der Waals surface area contributed by atoms with Crippen molar-refractivity contribution in [2.75, 3.05) is 53.6 Å². The van der Waals surface area contributed by atoms with Crippen molar-refractivity contribution >= 4 is 5.91 Å². The predicted molar refractivity (Wildman–Crippen MR) is 98.6 cm³/mol. The summed E-state index contributed by atoms with van der Waals surface area (Å²) in [6, 6.07) is 5.26. The second-order valence-electron chi connectivity index (χ2n) is 6.32. The van der Waals surface area contributed by atoms with Gasteiger partial charge in [-0.2, -0.15) is 0 Å². The van der Waals surface area contributed by atoms with Crippen molar-refractivity contribution in [2.24, 2.45) is 0 Å². The number of aliphatic hydroxyl groups excluding tert-OH is 1. The van der Waals surface area contributed by atoms with Crippen LogP contribution in [0.1, 0.15) is 30.9 Å². The lowest BCUT2D eigenvalue weighted by molar-refractivity contribution is -0.121. The molecule has 0 spiro atoms. The Labute approximate surface area is 155 Å². The van der Waals surface area contributed by atoms with Crippen LogP contribution in [0.4, 0.5) is 0 Å². The normalized spacial score (nSPS) is 16.1. The Kier molecular flexibility index (Phi) is 8.67. The van der Waals surface area contributed by atoms with E-state index in [-0.39, 0.29) is 12.3 Å². The molecule has 1 unspecified atom stereocenters. The van der Waals surface area contributed by atoms with E-state index >= 15 is 0 Å². The first-order valence-electron chi connectivity index (χ1n) is 9.11. The minimum absolute atomic E-state index is 0.0430. The van der Waals surface area contributed by atoms with E-state index in [1.807, 2.05) is 0 Å². The SMILES string of the molecule is COc1ccc(C(O)CCC(=O)NCCCN2CCOCC2)c(OC)c1. The summed E-state index contributed by atoms with van der Waals surface area (Å²) >= 11 is 0. The van der Waals surface area contributed by atoms with Crippen molar-refractivity contribution in [3.8, 4) is 11.5 Å². The molecule has 1 aromatic rings. The van der Waals surface area contributed by atoms with Crippen LogP contribution in [-0.4, -0.2) is 69.5 Å². The number of ether oxygens (including phenoxy) is 3. The van der Waals surface area contributed by atoms with Gasteiger partial charge in [0, 0.05) is 37.7 Å². The van der Waals surface area contributed by atoms with Gasteiger partial charge in [0.15, 0.2) is 0 Å². The summed E-state index contributed by atoms with van der Waals surface area (Å²) in [4.78, 5) is 14.3. The van der Waals surface area contributed by atoms with Crippen molar-refractivity contribution < 1.29 is 24.1 Å². The molecule has 0 aliphatic carbocycles. The van der Waals surface area contributed by atoms with Crippen molar-refractivity contribution in [3.05, 3.63) is 23.8 Å². The highest BCUT2D eigenvalue weighted by molar-refractivity contribution is 5.75. The molecule has 0 saturated carbocycles. The van der Waals surface area contributed by atoms with E-state index in [4.69, 9.17) is 14.2 Å². The molecular formula is C19H30N2O5. The molecule has 26 heavy (non-hydrogen) atoms. The third kappa shape index (κ3) is 6.48. The number of hydrogen-bond donors (Lipinski definition) is 2. The molecule has 146 valence electrons. The number of morpholine rings is 1. The van der Waals surface area contributed by atoms with Crippen LogP contribution in [0.2, 0.25) is 0 Å². The molecule has 1 fully saturated rings. The molecule has 7 heteroatoms. The molecule has 2 rings (SSSR count). The van der Waals surface area contributed by atoms with Crippen LogP contribution in [0.3, 0.4) is 0 Å². The average molecular weight is 366 g/mol. The Hall–Kier alpha value is -1.83. The maximum Gasteiger partial charge on any atom is 0.220 e. The molecule has 1 heterocycles. The van der Waals surface area contributed by atoms with Gasteiger partial charge in [-0.1, -0.05) is 0 Å². The van der Waals surface area contributed by atoms with Crippen molar-refractivity contribution in [1.82, 2.24) is 10.2 Å². The molecule has 1 atom stereocenters. The monoisotopic (exact) mass is 366 g/mol. The van der Waals surface area contributed by atoms with Gasteiger partial charge < -0.3 is 24.6 Å². The molecule has 7 nitrogen and oxygen atoms in total. The average Bonchev–Trinajstić information content (AvgIpc) is 2.69. The number of methoxy groups -OCH3 is 2. The molecule has 1 saturated heterocycles. The summed E-state index contributed by atoms with van der Waals surface area (Å²) in [6.45, 7) is 5.12. The van der Waals surface area contributed by atoms with Crippen LogP contribution in [0.25, 0.3) is 0 Å². The first-order valence-corrected chi connectivity index (χ1v) is 9.11. The van der Waals surface area contributed by atoms with Crippen molar-refractivity contribution in [2.45, 2.75) is 25.4 Å². The molecule has 1 aromatic carbocycles. The van der Waals surface area contributed by atoms with E-state index in [0.717, 1.165) is 39.3 Å². The number of carbonyl (C=O) groups is 1. The number of nitrogens with zero attached hydrogens (tertiary/aromatic N) is 1. The lowest BCUT2D eigenvalue weighted by atomic mass is 10.0. The van der Waals surface area contributed by atoms with E-state index in [9.17, 15) is 9.90 Å². The summed E-state index contributed by atoms with van der Waals surface area (Å²) in [7, 11) is 3.13. The fourth-order valence-electron chi connectivity index (χ4n) is 2.96. The highest BCUT2D eigenvalue weighted by atomic mass is 16.5. The molecule has 2 N–H and O–H groups in total. The van der Waals surface area contributed by atoms with Gasteiger partial charge in [0.05, 0.1) is 33.5 Å². The fourth-order valence-corrected chi connectivity index (χ4v) is 2.96. The minimum atomic E-state index is -0.755. The molecule has 1 amide bonds. The summed E-state index contributed by atoms with van der Waals surface area (Å²) in [6.07, 6.45) is 0.780. The van der Waals surface area contributed by atoms with E-state index in [2.05, 4.69) is 10.2 Å². The number of nitrogens with one attached hydrogen (secondary N) is 1. The maximum absolute atomic E-state index is 12.0. The first kappa shape index (κ1) is 20.5. The second-order valence-corrected chi connectivity index (χ2v) is 6.32. The number of aliphatic hydroxyl groups is 1. The quantitative estimate of drug-likeness (QED) is 0.609. The van der Waals surface area contributed by atoms with Gasteiger partial charge in [-0.25, -0.2) is 0 Å². The molecule has 0 bridgehead atoms. The maximum atomic E-state index is 12.0. The zero-order chi connectivity index (χ0) is 18.8. The number of benzene rings is 1. The van der Waals surface area contributed by atoms with Crippen LogP contribution in [0.15, 0.2) is 18.2 Å². The van der Waals surface area contributed by atoms with Crippen LogP contribution in [-0.2, 0) is 9.53 Å². The van der Waals surface area contributed by atoms with Crippen molar-refractivity contribution in [1.29, 1.82) is 0 Å². The Morgan fingerprint density at radius 1 is 1.31 bits per heavy atom. The number of hydrogen-bond acceptors (Lipinski definition) is 6. The lowest BCUT2D eigenvalue weighted by Crippen LogP contribution is -2.38. The molecule has 1 aliphatic heterocycles. The number of carbonyl (C=O) groups excluding carboxylic acids is 1.